The van der Waals surface area contributed by atoms with E-state index in [2.05, 4.69) is 5.32 Å². The second kappa shape index (κ2) is 5.63. The van der Waals surface area contributed by atoms with Gasteiger partial charge in [-0.1, -0.05) is 0 Å². The Labute approximate surface area is 109 Å². The van der Waals surface area contributed by atoms with Crippen molar-refractivity contribution in [2.75, 3.05) is 18.5 Å². The molecule has 0 unspecified atom stereocenters. The second-order valence-corrected chi connectivity index (χ2v) is 4.12. The number of carbonyl (C=O) groups is 1. The lowest BCUT2D eigenvalue weighted by molar-refractivity contribution is -0.384. The van der Waals surface area contributed by atoms with Crippen LogP contribution < -0.4 is 16.6 Å². The van der Waals surface area contributed by atoms with Gasteiger partial charge in [0.2, 0.25) is 0 Å². The first-order valence-electron chi connectivity index (χ1n) is 5.76. The van der Waals surface area contributed by atoms with E-state index >= 15 is 0 Å². The fourth-order valence-electron chi connectivity index (χ4n) is 1.73. The Bertz CT molecular complexity index is 501. The van der Waals surface area contributed by atoms with Crippen molar-refractivity contribution in [3.63, 3.8) is 0 Å². The molecule has 0 saturated carbocycles. The average molecular weight is 266 g/mol. The summed E-state index contributed by atoms with van der Waals surface area (Å²) in [6, 6.07) is 4.03. The Balaban J connectivity index is 2.19. The van der Waals surface area contributed by atoms with Gasteiger partial charge in [0.05, 0.1) is 11.0 Å². The molecule has 2 rings (SSSR count). The van der Waals surface area contributed by atoms with Crippen LogP contribution in [0.1, 0.15) is 16.8 Å². The van der Waals surface area contributed by atoms with Crippen molar-refractivity contribution >= 4 is 17.3 Å². The van der Waals surface area contributed by atoms with Crippen LogP contribution in [0.15, 0.2) is 18.2 Å². The Kier molecular flexibility index (Phi) is 3.93. The van der Waals surface area contributed by atoms with Crippen molar-refractivity contribution in [1.82, 2.24) is 5.43 Å². The Morgan fingerprint density at radius 2 is 2.32 bits per heavy atom. The Hall–Kier alpha value is -2.19. The van der Waals surface area contributed by atoms with Gasteiger partial charge in [-0.15, -0.1) is 0 Å². The van der Waals surface area contributed by atoms with Crippen LogP contribution in [0.5, 0.6) is 0 Å². The summed E-state index contributed by atoms with van der Waals surface area (Å²) < 4.78 is 5.22. The normalized spacial score (nSPS) is 17.4. The average Bonchev–Trinajstić information content (AvgIpc) is 2.35. The zero-order chi connectivity index (χ0) is 13.8. The van der Waals surface area contributed by atoms with E-state index in [-0.39, 0.29) is 23.0 Å². The number of nitrogen functional groups attached to an aromatic ring is 1. The molecule has 4 N–H and O–H groups in total. The molecule has 1 saturated heterocycles. The molecule has 1 aromatic rings. The standard InChI is InChI=1S/C11H14N4O4/c12-14-11(16)7-1-2-10(15(17)18)9(5-7)13-6-8-3-4-19-8/h1-2,5,8,13H,3-4,6,12H2,(H,14,16)/t8-/m0/s1. The highest BCUT2D eigenvalue weighted by atomic mass is 16.6. The van der Waals surface area contributed by atoms with Crippen LogP contribution in [-0.4, -0.2) is 30.1 Å². The number of rotatable bonds is 5. The lowest BCUT2D eigenvalue weighted by Gasteiger charge is -2.26. The van der Waals surface area contributed by atoms with E-state index in [1.807, 2.05) is 5.43 Å². The summed E-state index contributed by atoms with van der Waals surface area (Å²) in [6.45, 7) is 1.18. The number of nitro benzene ring substituents is 1. The third-order valence-corrected chi connectivity index (χ3v) is 2.90. The molecule has 1 amide bonds. The molecule has 0 radical (unpaired) electrons. The fraction of sp³-hybridized carbons (Fsp3) is 0.364. The number of benzene rings is 1. The molecule has 8 heteroatoms. The van der Waals surface area contributed by atoms with E-state index < -0.39 is 10.8 Å². The minimum atomic E-state index is -0.506. The monoisotopic (exact) mass is 266 g/mol. The number of carbonyl (C=O) groups excluding carboxylic acids is 1. The molecule has 1 fully saturated rings. The van der Waals surface area contributed by atoms with Gasteiger partial charge in [-0.2, -0.15) is 0 Å². The molecular weight excluding hydrogens is 252 g/mol. The number of hydrazine groups is 1. The molecule has 0 aliphatic carbocycles. The largest absolute Gasteiger partial charge is 0.377 e. The van der Waals surface area contributed by atoms with E-state index in [9.17, 15) is 14.9 Å². The number of ether oxygens (including phenoxy) is 1. The highest BCUT2D eigenvalue weighted by Crippen LogP contribution is 2.26. The first-order chi connectivity index (χ1) is 9.11. The molecule has 8 nitrogen and oxygen atoms in total. The maximum absolute atomic E-state index is 11.4. The SMILES string of the molecule is NNC(=O)c1ccc([N+](=O)[O-])c(NC[C@@H]2CCO2)c1. The van der Waals surface area contributed by atoms with Crippen LogP contribution in [0.2, 0.25) is 0 Å². The lowest BCUT2D eigenvalue weighted by atomic mass is 10.1. The van der Waals surface area contributed by atoms with Gasteiger partial charge < -0.3 is 10.1 Å². The van der Waals surface area contributed by atoms with Crippen molar-refractivity contribution in [1.29, 1.82) is 0 Å². The van der Waals surface area contributed by atoms with Crippen LogP contribution in [0.4, 0.5) is 11.4 Å². The van der Waals surface area contributed by atoms with Gasteiger partial charge in [-0.25, -0.2) is 5.84 Å². The molecule has 19 heavy (non-hydrogen) atoms. The number of nitro groups is 1. The number of hydrogen-bond donors (Lipinski definition) is 3. The number of amides is 1. The summed E-state index contributed by atoms with van der Waals surface area (Å²) in [4.78, 5) is 21.8. The van der Waals surface area contributed by atoms with Gasteiger partial charge in [-0.3, -0.25) is 20.3 Å². The predicted octanol–water partition coefficient (Wildman–Crippen LogP) is 0.399. The zero-order valence-corrected chi connectivity index (χ0v) is 10.1. The molecule has 1 aliphatic rings. The number of hydrogen-bond acceptors (Lipinski definition) is 6. The molecule has 1 aromatic carbocycles. The van der Waals surface area contributed by atoms with Gasteiger partial charge in [-0.05, 0) is 18.6 Å². The quantitative estimate of drug-likeness (QED) is 0.307. The van der Waals surface area contributed by atoms with E-state index in [0.717, 1.165) is 6.42 Å². The molecule has 1 atom stereocenters. The minimum absolute atomic E-state index is 0.0617. The third-order valence-electron chi connectivity index (χ3n) is 2.90. The van der Waals surface area contributed by atoms with E-state index in [0.29, 0.717) is 13.2 Å². The first kappa shape index (κ1) is 13.2. The van der Waals surface area contributed by atoms with Crippen LogP contribution in [0.3, 0.4) is 0 Å². The van der Waals surface area contributed by atoms with Gasteiger partial charge in [0.15, 0.2) is 0 Å². The number of nitrogens with zero attached hydrogens (tertiary/aromatic N) is 1. The third kappa shape index (κ3) is 2.98. The van der Waals surface area contributed by atoms with Crippen molar-refractivity contribution in [2.24, 2.45) is 5.84 Å². The van der Waals surface area contributed by atoms with Crippen molar-refractivity contribution in [3.8, 4) is 0 Å². The van der Waals surface area contributed by atoms with Crippen molar-refractivity contribution < 1.29 is 14.5 Å². The molecule has 0 bridgehead atoms. The molecule has 1 heterocycles. The summed E-state index contributed by atoms with van der Waals surface area (Å²) in [5, 5.41) is 13.8. The number of nitrogens with two attached hydrogens (primary N) is 1. The summed E-state index contributed by atoms with van der Waals surface area (Å²) in [7, 11) is 0. The van der Waals surface area contributed by atoms with Gasteiger partial charge in [0, 0.05) is 24.8 Å². The van der Waals surface area contributed by atoms with Gasteiger partial charge >= 0.3 is 0 Å². The van der Waals surface area contributed by atoms with E-state index in [4.69, 9.17) is 10.6 Å². The minimum Gasteiger partial charge on any atom is -0.377 e. The molecular formula is C11H14N4O4. The molecule has 1 aliphatic heterocycles. The van der Waals surface area contributed by atoms with Gasteiger partial charge in [0.1, 0.15) is 5.69 Å². The van der Waals surface area contributed by atoms with E-state index in [1.54, 1.807) is 0 Å². The van der Waals surface area contributed by atoms with Gasteiger partial charge in [0.25, 0.3) is 11.6 Å². The number of anilines is 1. The molecule has 0 spiro atoms. The predicted molar refractivity (Wildman–Crippen MR) is 67.6 cm³/mol. The van der Waals surface area contributed by atoms with Crippen LogP contribution in [0, 0.1) is 10.1 Å². The molecule has 0 aromatic heterocycles. The lowest BCUT2D eigenvalue weighted by Crippen LogP contribution is -2.33. The summed E-state index contributed by atoms with van der Waals surface area (Å²) >= 11 is 0. The summed E-state index contributed by atoms with van der Waals surface area (Å²) in [5.74, 6) is 4.53. The van der Waals surface area contributed by atoms with E-state index in [1.165, 1.54) is 18.2 Å². The Morgan fingerprint density at radius 1 is 1.58 bits per heavy atom. The maximum atomic E-state index is 11.4. The van der Waals surface area contributed by atoms with Crippen molar-refractivity contribution in [3.05, 3.63) is 33.9 Å². The number of nitrogens with one attached hydrogen (secondary N) is 2. The zero-order valence-electron chi connectivity index (χ0n) is 10.1. The van der Waals surface area contributed by atoms with Crippen LogP contribution in [0.25, 0.3) is 0 Å². The topological polar surface area (TPSA) is 120 Å². The summed E-state index contributed by atoms with van der Waals surface area (Å²) in [5.41, 5.74) is 2.43. The van der Waals surface area contributed by atoms with Crippen LogP contribution in [-0.2, 0) is 4.74 Å². The summed E-state index contributed by atoms with van der Waals surface area (Å²) in [6.07, 6.45) is 0.982. The van der Waals surface area contributed by atoms with Crippen molar-refractivity contribution in [2.45, 2.75) is 12.5 Å². The highest BCUT2D eigenvalue weighted by Gasteiger charge is 2.21. The van der Waals surface area contributed by atoms with Crippen LogP contribution >= 0.6 is 0 Å². The molecule has 102 valence electrons. The second-order valence-electron chi connectivity index (χ2n) is 4.12. The maximum Gasteiger partial charge on any atom is 0.292 e. The smallest absolute Gasteiger partial charge is 0.292 e. The highest BCUT2D eigenvalue weighted by molar-refractivity contribution is 5.95. The fourth-order valence-corrected chi connectivity index (χ4v) is 1.73. The Morgan fingerprint density at radius 3 is 2.84 bits per heavy atom. The first-order valence-corrected chi connectivity index (χ1v) is 5.76.